The number of hydrogen-bond acceptors (Lipinski definition) is 1. The molecule has 0 aliphatic carbocycles. The molecule has 0 aliphatic rings. The Morgan fingerprint density at radius 2 is 1.00 bits per heavy atom. The highest BCUT2D eigenvalue weighted by Gasteiger charge is 2.11. The Balaban J connectivity index is 0. The van der Waals surface area contributed by atoms with Crippen LogP contribution >= 0.6 is 67.8 Å². The first-order valence-electron chi connectivity index (χ1n) is 1.23. The lowest BCUT2D eigenvalue weighted by atomic mass is 11.8. The van der Waals surface area contributed by atoms with Gasteiger partial charge in [-0.15, -0.1) is 0 Å². The van der Waals surface area contributed by atoms with Crippen LogP contribution in [0.1, 0.15) is 0 Å². The van der Waals surface area contributed by atoms with Gasteiger partial charge in [-0.1, -0.05) is 46.4 Å². The number of rotatable bonds is 0. The number of hydrogen-bond donors (Lipinski definition) is 0. The molecule has 0 heterocycles. The van der Waals surface area contributed by atoms with Crippen LogP contribution in [0, 0.1) is 0 Å². The van der Waals surface area contributed by atoms with Gasteiger partial charge < -0.3 is 0 Å². The van der Waals surface area contributed by atoms with E-state index in [2.05, 4.69) is 21.4 Å². The van der Waals surface area contributed by atoms with E-state index in [1.165, 1.54) is 0 Å². The molecule has 0 amide bonds. The van der Waals surface area contributed by atoms with Crippen molar-refractivity contribution in [1.29, 1.82) is 0 Å². The largest absolute Gasteiger partial charge is 0.266 e. The van der Waals surface area contributed by atoms with Gasteiger partial charge in [0.2, 0.25) is 9.23 Å². The van der Waals surface area contributed by atoms with Crippen LogP contribution in [0.2, 0.25) is 0 Å². The molecule has 9 heavy (non-hydrogen) atoms. The molecular formula is CCl6OS. The van der Waals surface area contributed by atoms with Crippen LogP contribution in [-0.4, -0.2) is 7.46 Å². The van der Waals surface area contributed by atoms with Crippen molar-refractivity contribution in [2.45, 2.75) is 3.25 Å². The van der Waals surface area contributed by atoms with Crippen LogP contribution in [0.3, 0.4) is 0 Å². The molecule has 0 radical (unpaired) electrons. The van der Waals surface area contributed by atoms with Crippen LogP contribution in [0.5, 0.6) is 0 Å². The van der Waals surface area contributed by atoms with Gasteiger partial charge in [0.15, 0.2) is 0 Å². The van der Waals surface area contributed by atoms with E-state index in [-0.39, 0.29) is 0 Å². The van der Waals surface area contributed by atoms with E-state index >= 15 is 0 Å². The molecule has 0 rings (SSSR count). The van der Waals surface area contributed by atoms with Crippen molar-refractivity contribution in [3.63, 3.8) is 0 Å². The lowest BCUT2D eigenvalue weighted by molar-refractivity contribution is 0.698. The van der Waals surface area contributed by atoms with Crippen molar-refractivity contribution in [3.8, 4) is 0 Å². The Labute approximate surface area is 83.9 Å². The van der Waals surface area contributed by atoms with E-state index in [0.717, 1.165) is 0 Å². The summed E-state index contributed by atoms with van der Waals surface area (Å²) in [5.74, 6) is 0. The minimum Gasteiger partial charge on any atom is -0.225 e. The highest BCUT2D eigenvalue weighted by atomic mass is 36.0. The van der Waals surface area contributed by atoms with Crippen molar-refractivity contribution in [3.05, 3.63) is 0 Å². The van der Waals surface area contributed by atoms with Gasteiger partial charge in [0.1, 0.15) is 0 Å². The molecule has 0 fully saturated rings. The fourth-order valence-electron chi connectivity index (χ4n) is 0. The maximum absolute atomic E-state index is 9.09. The Bertz CT molecular complexity index is 75.5. The molecule has 0 unspecified atom stereocenters. The molecule has 0 aliphatic heterocycles. The molecule has 0 aromatic carbocycles. The van der Waals surface area contributed by atoms with Gasteiger partial charge in [-0.25, -0.2) is 4.21 Å². The van der Waals surface area contributed by atoms with E-state index < -0.39 is 12.5 Å². The zero-order chi connectivity index (χ0) is 8.08. The molecule has 0 aromatic rings. The first-order valence-corrected chi connectivity index (χ1v) is 5.55. The van der Waals surface area contributed by atoms with Crippen molar-refractivity contribution in [2.75, 3.05) is 0 Å². The molecule has 8 heteroatoms. The zero-order valence-corrected chi connectivity index (χ0v) is 8.94. The van der Waals surface area contributed by atoms with E-state index in [4.69, 9.17) is 50.6 Å². The Kier molecular flexibility index (Phi) is 9.87. The monoisotopic (exact) mass is 270 g/mol. The number of halogens is 6. The van der Waals surface area contributed by atoms with Crippen LogP contribution in [0.25, 0.3) is 0 Å². The minimum absolute atomic E-state index is 1.61. The molecule has 0 saturated heterocycles. The van der Waals surface area contributed by atoms with Gasteiger partial charge in [-0.3, -0.25) is 0 Å². The van der Waals surface area contributed by atoms with Gasteiger partial charge in [0, 0.05) is 21.4 Å². The van der Waals surface area contributed by atoms with Gasteiger partial charge in [-0.2, -0.15) is 0 Å². The highest BCUT2D eigenvalue weighted by Crippen LogP contribution is 2.29. The molecule has 0 spiro atoms. The lowest BCUT2D eigenvalue weighted by Crippen LogP contribution is -1.81. The molecular weight excluding hydrogens is 273 g/mol. The molecule has 0 bridgehead atoms. The predicted molar refractivity (Wildman–Crippen MR) is 46.0 cm³/mol. The predicted octanol–water partition coefficient (Wildman–Crippen LogP) is 3.60. The molecule has 58 valence electrons. The normalized spacial score (nSPS) is 10.6. The second kappa shape index (κ2) is 6.59. The highest BCUT2D eigenvalue weighted by molar-refractivity contribution is 8.26. The standard InChI is InChI=1S/CCl4.Cl2OS/c2-1(3,4)5;1-4(2)3. The smallest absolute Gasteiger partial charge is 0.225 e. The fourth-order valence-corrected chi connectivity index (χ4v) is 0. The summed E-state index contributed by atoms with van der Waals surface area (Å²) in [7, 11) is 7.36. The van der Waals surface area contributed by atoms with E-state index in [1.807, 2.05) is 0 Å². The van der Waals surface area contributed by atoms with Crippen molar-refractivity contribution >= 4 is 77.0 Å². The van der Waals surface area contributed by atoms with E-state index in [1.54, 1.807) is 0 Å². The Morgan fingerprint density at radius 3 is 1.00 bits per heavy atom. The van der Waals surface area contributed by atoms with E-state index in [9.17, 15) is 0 Å². The van der Waals surface area contributed by atoms with Gasteiger partial charge in [0.25, 0.3) is 3.25 Å². The quantitative estimate of drug-likeness (QED) is 0.486. The van der Waals surface area contributed by atoms with Crippen LogP contribution in [0.15, 0.2) is 0 Å². The molecule has 0 aromatic heterocycles. The molecule has 1 nitrogen and oxygen atoms in total. The molecule has 0 saturated carbocycles. The third-order valence-corrected chi connectivity index (χ3v) is 0. The third-order valence-electron chi connectivity index (χ3n) is 0. The summed E-state index contributed by atoms with van der Waals surface area (Å²) in [6.45, 7) is 0. The Morgan fingerprint density at radius 1 is 1.00 bits per heavy atom. The first-order chi connectivity index (χ1) is 3.73. The summed E-state index contributed by atoms with van der Waals surface area (Å²) in [6, 6.07) is 0. The maximum atomic E-state index is 9.09. The zero-order valence-electron chi connectivity index (χ0n) is 3.58. The topological polar surface area (TPSA) is 17.1 Å². The van der Waals surface area contributed by atoms with Crippen molar-refractivity contribution < 1.29 is 4.21 Å². The average Bonchev–Trinajstić information content (AvgIpc) is 1.19. The first kappa shape index (κ1) is 13.5. The van der Waals surface area contributed by atoms with Crippen molar-refractivity contribution in [2.24, 2.45) is 0 Å². The van der Waals surface area contributed by atoms with Gasteiger partial charge in [0.05, 0.1) is 0 Å². The lowest BCUT2D eigenvalue weighted by Gasteiger charge is -1.91. The third kappa shape index (κ3) is 172. The summed E-state index contributed by atoms with van der Waals surface area (Å²) in [5.41, 5.74) is 0. The van der Waals surface area contributed by atoms with Crippen LogP contribution in [-0.2, 0) is 9.23 Å². The maximum Gasteiger partial charge on any atom is 0.266 e. The fraction of sp³-hybridized carbons (Fsp3) is 1.00. The van der Waals surface area contributed by atoms with Gasteiger partial charge in [-0.05, 0) is 0 Å². The molecule has 0 N–H and O–H groups in total. The Hall–Kier alpha value is 1.89. The summed E-state index contributed by atoms with van der Waals surface area (Å²) in [6.07, 6.45) is 0. The SMILES string of the molecule is ClC(Cl)(Cl)Cl.O=S(Cl)Cl. The van der Waals surface area contributed by atoms with Crippen LogP contribution in [0.4, 0.5) is 0 Å². The molecule has 0 atom stereocenters. The summed E-state index contributed by atoms with van der Waals surface area (Å²) < 4.78 is 7.48. The van der Waals surface area contributed by atoms with Crippen LogP contribution < -0.4 is 0 Å². The van der Waals surface area contributed by atoms with Gasteiger partial charge >= 0.3 is 0 Å². The summed E-state index contributed by atoms with van der Waals surface area (Å²) >= 11 is 19.3. The van der Waals surface area contributed by atoms with E-state index in [0.29, 0.717) is 0 Å². The van der Waals surface area contributed by atoms with Crippen molar-refractivity contribution in [1.82, 2.24) is 0 Å². The average molecular weight is 273 g/mol. The second-order valence-electron chi connectivity index (χ2n) is 0.613. The number of alkyl halides is 4. The summed E-state index contributed by atoms with van der Waals surface area (Å²) in [5, 5.41) is 0. The second-order valence-corrected chi connectivity index (χ2v) is 6.57. The summed E-state index contributed by atoms with van der Waals surface area (Å²) in [4.78, 5) is 0. The minimum atomic E-state index is -1.67.